The molecule has 0 spiro atoms. The summed E-state index contributed by atoms with van der Waals surface area (Å²) in [7, 11) is 1.73. The Labute approximate surface area is 141 Å². The molecule has 1 saturated heterocycles. The van der Waals surface area contributed by atoms with Gasteiger partial charge in [0.1, 0.15) is 5.52 Å². The highest BCUT2D eigenvalue weighted by atomic mass is 16.5. The zero-order valence-corrected chi connectivity index (χ0v) is 14.7. The fraction of sp³-hybridized carbons (Fsp3) is 0.588. The molecule has 2 aromatic heterocycles. The molecule has 0 saturated carbocycles. The van der Waals surface area contributed by atoms with Gasteiger partial charge in [0.15, 0.2) is 5.82 Å². The summed E-state index contributed by atoms with van der Waals surface area (Å²) in [6, 6.07) is 2.02. The van der Waals surface area contributed by atoms with Crippen molar-refractivity contribution in [3.63, 3.8) is 0 Å². The number of hydrogen-bond donors (Lipinski definition) is 2. The maximum absolute atomic E-state index is 12.7. The van der Waals surface area contributed by atoms with E-state index < -0.39 is 0 Å². The van der Waals surface area contributed by atoms with Crippen molar-refractivity contribution in [1.82, 2.24) is 14.5 Å². The SMILES string of the molecule is Cn1c(NC(C)(C)C)nc2c(NC3CCOCC3)nccc2c1=O. The summed E-state index contributed by atoms with van der Waals surface area (Å²) in [6.07, 6.45) is 3.51. The van der Waals surface area contributed by atoms with E-state index in [-0.39, 0.29) is 11.1 Å². The molecule has 2 N–H and O–H groups in total. The summed E-state index contributed by atoms with van der Waals surface area (Å²) in [5.74, 6) is 1.21. The molecule has 0 aliphatic carbocycles. The summed E-state index contributed by atoms with van der Waals surface area (Å²) >= 11 is 0. The Hall–Kier alpha value is -2.15. The van der Waals surface area contributed by atoms with Crippen molar-refractivity contribution < 1.29 is 4.74 Å². The lowest BCUT2D eigenvalue weighted by Gasteiger charge is -2.25. The molecule has 24 heavy (non-hydrogen) atoms. The van der Waals surface area contributed by atoms with Crippen LogP contribution in [0.2, 0.25) is 0 Å². The second-order valence-electron chi connectivity index (χ2n) is 7.26. The van der Waals surface area contributed by atoms with Crippen LogP contribution in [0.3, 0.4) is 0 Å². The van der Waals surface area contributed by atoms with Crippen molar-refractivity contribution in [3.8, 4) is 0 Å². The fourth-order valence-corrected chi connectivity index (χ4v) is 2.79. The van der Waals surface area contributed by atoms with Crippen LogP contribution < -0.4 is 16.2 Å². The van der Waals surface area contributed by atoms with Gasteiger partial charge in [0, 0.05) is 38.0 Å². The average molecular weight is 331 g/mol. The van der Waals surface area contributed by atoms with Crippen LogP contribution in [-0.2, 0) is 11.8 Å². The van der Waals surface area contributed by atoms with Crippen molar-refractivity contribution >= 4 is 22.7 Å². The van der Waals surface area contributed by atoms with Crippen LogP contribution in [0.15, 0.2) is 17.1 Å². The van der Waals surface area contributed by atoms with Gasteiger partial charge in [-0.1, -0.05) is 0 Å². The lowest BCUT2D eigenvalue weighted by molar-refractivity contribution is 0.0904. The van der Waals surface area contributed by atoms with E-state index >= 15 is 0 Å². The third kappa shape index (κ3) is 3.51. The van der Waals surface area contributed by atoms with E-state index in [4.69, 9.17) is 4.74 Å². The molecule has 2 aromatic rings. The molecule has 130 valence electrons. The highest BCUT2D eigenvalue weighted by Gasteiger charge is 2.19. The second kappa shape index (κ2) is 6.39. The minimum atomic E-state index is -0.193. The Balaban J connectivity index is 2.05. The molecule has 3 rings (SSSR count). The van der Waals surface area contributed by atoms with Crippen molar-refractivity contribution in [2.75, 3.05) is 23.8 Å². The van der Waals surface area contributed by atoms with Crippen LogP contribution in [0.1, 0.15) is 33.6 Å². The number of rotatable bonds is 3. The van der Waals surface area contributed by atoms with Crippen LogP contribution in [0.5, 0.6) is 0 Å². The molecule has 3 heterocycles. The van der Waals surface area contributed by atoms with Gasteiger partial charge in [-0.3, -0.25) is 9.36 Å². The number of nitrogens with one attached hydrogen (secondary N) is 2. The number of aromatic nitrogens is 3. The second-order valence-corrected chi connectivity index (χ2v) is 7.26. The first-order valence-corrected chi connectivity index (χ1v) is 8.33. The monoisotopic (exact) mass is 331 g/mol. The van der Waals surface area contributed by atoms with Crippen LogP contribution in [0, 0.1) is 0 Å². The standard InChI is InChI=1S/C17H25N5O2/c1-17(2,3)21-16-20-13-12(15(23)22(16)4)5-8-18-14(13)19-11-6-9-24-10-7-11/h5,8,11H,6-7,9-10H2,1-4H3,(H,18,19)(H,20,21). The minimum Gasteiger partial charge on any atom is -0.381 e. The number of pyridine rings is 1. The number of nitrogens with zero attached hydrogens (tertiary/aromatic N) is 3. The number of ether oxygens (including phenoxy) is 1. The van der Waals surface area contributed by atoms with Gasteiger partial charge in [-0.2, -0.15) is 0 Å². The molecule has 1 aliphatic heterocycles. The van der Waals surface area contributed by atoms with E-state index in [1.807, 2.05) is 20.8 Å². The normalized spacial score (nSPS) is 16.3. The van der Waals surface area contributed by atoms with Gasteiger partial charge in [0.05, 0.1) is 5.39 Å². The quantitative estimate of drug-likeness (QED) is 0.897. The van der Waals surface area contributed by atoms with Crippen LogP contribution in [0.4, 0.5) is 11.8 Å². The summed E-state index contributed by atoms with van der Waals surface area (Å²) in [4.78, 5) is 21.8. The first-order chi connectivity index (χ1) is 11.3. The third-order valence-electron chi connectivity index (χ3n) is 4.04. The highest BCUT2D eigenvalue weighted by Crippen LogP contribution is 2.22. The topological polar surface area (TPSA) is 81.1 Å². The Bertz CT molecular complexity index is 788. The number of fused-ring (bicyclic) bond motifs is 1. The van der Waals surface area contributed by atoms with Crippen LogP contribution in [-0.4, -0.2) is 39.3 Å². The molecular formula is C17H25N5O2. The highest BCUT2D eigenvalue weighted by molar-refractivity contribution is 5.88. The van der Waals surface area contributed by atoms with E-state index in [9.17, 15) is 4.79 Å². The van der Waals surface area contributed by atoms with Crippen LogP contribution >= 0.6 is 0 Å². The molecule has 1 aliphatic rings. The Morgan fingerprint density at radius 1 is 1.29 bits per heavy atom. The fourth-order valence-electron chi connectivity index (χ4n) is 2.79. The van der Waals surface area contributed by atoms with Gasteiger partial charge in [0.25, 0.3) is 5.56 Å². The number of anilines is 2. The van der Waals surface area contributed by atoms with E-state index in [1.165, 1.54) is 0 Å². The van der Waals surface area contributed by atoms with Gasteiger partial charge in [-0.05, 0) is 39.7 Å². The summed E-state index contributed by atoms with van der Waals surface area (Å²) in [5.41, 5.74) is 0.338. The molecule has 7 nitrogen and oxygen atoms in total. The first kappa shape index (κ1) is 16.7. The molecule has 0 amide bonds. The molecule has 0 radical (unpaired) electrons. The maximum atomic E-state index is 12.7. The number of hydrogen-bond acceptors (Lipinski definition) is 6. The predicted molar refractivity (Wildman–Crippen MR) is 95.6 cm³/mol. The molecule has 7 heteroatoms. The first-order valence-electron chi connectivity index (χ1n) is 8.33. The Morgan fingerprint density at radius 2 is 2.00 bits per heavy atom. The third-order valence-corrected chi connectivity index (χ3v) is 4.04. The van der Waals surface area contributed by atoms with Crippen molar-refractivity contribution in [2.24, 2.45) is 7.05 Å². The van der Waals surface area contributed by atoms with Gasteiger partial charge in [0.2, 0.25) is 5.95 Å². The van der Waals surface area contributed by atoms with E-state index in [2.05, 4.69) is 20.6 Å². The van der Waals surface area contributed by atoms with Gasteiger partial charge in [-0.15, -0.1) is 0 Å². The smallest absolute Gasteiger partial charge is 0.262 e. The zero-order valence-electron chi connectivity index (χ0n) is 14.7. The van der Waals surface area contributed by atoms with Crippen molar-refractivity contribution in [1.29, 1.82) is 0 Å². The van der Waals surface area contributed by atoms with Crippen LogP contribution in [0.25, 0.3) is 10.9 Å². The van der Waals surface area contributed by atoms with Gasteiger partial charge >= 0.3 is 0 Å². The van der Waals surface area contributed by atoms with E-state index in [1.54, 1.807) is 23.9 Å². The minimum absolute atomic E-state index is 0.0795. The molecule has 0 bridgehead atoms. The summed E-state index contributed by atoms with van der Waals surface area (Å²) < 4.78 is 6.94. The Kier molecular flexibility index (Phi) is 4.45. The zero-order chi connectivity index (χ0) is 17.3. The molecule has 0 atom stereocenters. The average Bonchev–Trinajstić information content (AvgIpc) is 2.53. The van der Waals surface area contributed by atoms with Crippen molar-refractivity contribution in [2.45, 2.75) is 45.2 Å². The van der Waals surface area contributed by atoms with Gasteiger partial charge < -0.3 is 15.4 Å². The lowest BCUT2D eigenvalue weighted by atomic mass is 10.1. The summed E-state index contributed by atoms with van der Waals surface area (Å²) in [6.45, 7) is 7.60. The Morgan fingerprint density at radius 3 is 2.67 bits per heavy atom. The van der Waals surface area contributed by atoms with Gasteiger partial charge in [-0.25, -0.2) is 9.97 Å². The molecule has 0 aromatic carbocycles. The van der Waals surface area contributed by atoms with Crippen molar-refractivity contribution in [3.05, 3.63) is 22.6 Å². The van der Waals surface area contributed by atoms with E-state index in [0.29, 0.717) is 28.7 Å². The molecule has 1 fully saturated rings. The van der Waals surface area contributed by atoms with E-state index in [0.717, 1.165) is 26.1 Å². The summed E-state index contributed by atoms with van der Waals surface area (Å²) in [5, 5.41) is 7.29. The predicted octanol–water partition coefficient (Wildman–Crippen LogP) is 2.13. The lowest BCUT2D eigenvalue weighted by Crippen LogP contribution is -2.32. The molecule has 0 unspecified atom stereocenters. The maximum Gasteiger partial charge on any atom is 0.262 e. The molecular weight excluding hydrogens is 306 g/mol. The largest absolute Gasteiger partial charge is 0.381 e.